The summed E-state index contributed by atoms with van der Waals surface area (Å²) < 4.78 is 2.27. The first-order valence-electron chi connectivity index (χ1n) is 8.81. The van der Waals surface area contributed by atoms with E-state index in [2.05, 4.69) is 27.3 Å². The summed E-state index contributed by atoms with van der Waals surface area (Å²) in [6.07, 6.45) is 7.10. The lowest BCUT2D eigenvalue weighted by Gasteiger charge is -2.25. The van der Waals surface area contributed by atoms with E-state index < -0.39 is 0 Å². The number of para-hydroxylation sites is 2. The van der Waals surface area contributed by atoms with Gasteiger partial charge in [0.25, 0.3) is 0 Å². The van der Waals surface area contributed by atoms with E-state index in [1.165, 1.54) is 32.1 Å². The zero-order chi connectivity index (χ0) is 15.6. The summed E-state index contributed by atoms with van der Waals surface area (Å²) in [4.78, 5) is 17.2. The van der Waals surface area contributed by atoms with Crippen molar-refractivity contribution in [2.45, 2.75) is 44.6 Å². The first kappa shape index (κ1) is 14.7. The number of anilines is 1. The second-order valence-electron chi connectivity index (χ2n) is 6.76. The molecular weight excluding hydrogens is 288 g/mol. The van der Waals surface area contributed by atoms with Crippen molar-refractivity contribution < 1.29 is 4.79 Å². The number of benzene rings is 1. The molecule has 1 saturated carbocycles. The number of imidazole rings is 1. The van der Waals surface area contributed by atoms with Crippen molar-refractivity contribution in [2.75, 3.05) is 18.4 Å². The van der Waals surface area contributed by atoms with Crippen LogP contribution in [0.15, 0.2) is 24.3 Å². The molecular formula is C18H24N4O. The highest BCUT2D eigenvalue weighted by molar-refractivity contribution is 5.93. The van der Waals surface area contributed by atoms with Crippen LogP contribution in [0.4, 0.5) is 5.95 Å². The number of nitrogens with zero attached hydrogens (tertiary/aromatic N) is 2. The number of hydrogen-bond acceptors (Lipinski definition) is 3. The van der Waals surface area contributed by atoms with Gasteiger partial charge in [-0.1, -0.05) is 31.4 Å². The molecule has 1 atom stereocenters. The lowest BCUT2D eigenvalue weighted by atomic mass is 9.95. The molecule has 2 heterocycles. The number of amides is 1. The van der Waals surface area contributed by atoms with Crippen LogP contribution in [0.5, 0.6) is 0 Å². The molecule has 2 fully saturated rings. The third-order valence-corrected chi connectivity index (χ3v) is 5.20. The zero-order valence-electron chi connectivity index (χ0n) is 13.4. The Morgan fingerprint density at radius 2 is 2.00 bits per heavy atom. The molecule has 0 bridgehead atoms. The molecule has 1 saturated heterocycles. The summed E-state index contributed by atoms with van der Waals surface area (Å²) in [5, 5.41) is 6.37. The Hall–Kier alpha value is -1.88. The number of carbonyl (C=O) groups excluding carboxylic acids is 1. The Labute approximate surface area is 136 Å². The third kappa shape index (κ3) is 2.85. The maximum atomic E-state index is 12.5. The van der Waals surface area contributed by atoms with Gasteiger partial charge in [-0.2, -0.15) is 0 Å². The Bertz CT molecular complexity index is 696. The number of nitrogens with one attached hydrogen (secondary N) is 2. The van der Waals surface area contributed by atoms with Crippen molar-refractivity contribution in [3.8, 4) is 0 Å². The molecule has 0 radical (unpaired) electrons. The molecule has 1 aromatic carbocycles. The van der Waals surface area contributed by atoms with Crippen molar-refractivity contribution in [2.24, 2.45) is 5.92 Å². The minimum Gasteiger partial charge on any atom is -0.316 e. The molecule has 5 heteroatoms. The summed E-state index contributed by atoms with van der Waals surface area (Å²) in [5.74, 6) is 0.895. The van der Waals surface area contributed by atoms with Gasteiger partial charge in [-0.15, -0.1) is 0 Å². The number of hydrogen-bond donors (Lipinski definition) is 2. The Morgan fingerprint density at radius 1 is 1.17 bits per heavy atom. The first-order valence-corrected chi connectivity index (χ1v) is 8.81. The maximum absolute atomic E-state index is 12.5. The lowest BCUT2D eigenvalue weighted by molar-refractivity contribution is -0.119. The monoisotopic (exact) mass is 312 g/mol. The molecule has 4 rings (SSSR count). The lowest BCUT2D eigenvalue weighted by Crippen LogP contribution is -2.27. The minimum absolute atomic E-state index is 0.0645. The molecule has 2 N–H and O–H groups in total. The molecule has 1 aliphatic carbocycles. The summed E-state index contributed by atoms with van der Waals surface area (Å²) in [6.45, 7) is 1.70. The van der Waals surface area contributed by atoms with Crippen molar-refractivity contribution in [3.05, 3.63) is 24.3 Å². The first-order chi connectivity index (χ1) is 11.3. The highest BCUT2D eigenvalue weighted by atomic mass is 16.2. The SMILES string of the molecule is O=C(Nc1nc2ccccc2n1C1CCCCC1)C1CCNC1. The van der Waals surface area contributed by atoms with E-state index in [4.69, 9.17) is 4.98 Å². The van der Waals surface area contributed by atoms with E-state index in [1.54, 1.807) is 0 Å². The maximum Gasteiger partial charge on any atom is 0.231 e. The highest BCUT2D eigenvalue weighted by Gasteiger charge is 2.26. The largest absolute Gasteiger partial charge is 0.316 e. The van der Waals surface area contributed by atoms with Gasteiger partial charge in [0.1, 0.15) is 0 Å². The molecule has 1 aromatic heterocycles. The standard InChI is InChI=1S/C18H24N4O/c23-17(13-10-11-19-12-13)21-18-20-15-8-4-5-9-16(15)22(18)14-6-2-1-3-7-14/h4-5,8-9,13-14,19H,1-3,6-7,10-12H2,(H,20,21,23). The van der Waals surface area contributed by atoms with Gasteiger partial charge in [0.15, 0.2) is 0 Å². The van der Waals surface area contributed by atoms with Crippen molar-refractivity contribution in [1.82, 2.24) is 14.9 Å². The van der Waals surface area contributed by atoms with E-state index in [0.717, 1.165) is 36.5 Å². The molecule has 2 aromatic rings. The van der Waals surface area contributed by atoms with Crippen LogP contribution in [0.3, 0.4) is 0 Å². The molecule has 0 spiro atoms. The second kappa shape index (κ2) is 6.32. The van der Waals surface area contributed by atoms with Crippen LogP contribution in [-0.2, 0) is 4.79 Å². The fourth-order valence-corrected chi connectivity index (χ4v) is 3.93. The van der Waals surface area contributed by atoms with Crippen LogP contribution in [0.1, 0.15) is 44.6 Å². The van der Waals surface area contributed by atoms with Crippen molar-refractivity contribution in [1.29, 1.82) is 0 Å². The quantitative estimate of drug-likeness (QED) is 0.915. The average Bonchev–Trinajstić information content (AvgIpc) is 3.23. The summed E-state index contributed by atoms with van der Waals surface area (Å²) >= 11 is 0. The van der Waals surface area contributed by atoms with Crippen LogP contribution >= 0.6 is 0 Å². The van der Waals surface area contributed by atoms with Crippen LogP contribution in [0.2, 0.25) is 0 Å². The van der Waals surface area contributed by atoms with Crippen molar-refractivity contribution in [3.63, 3.8) is 0 Å². The van der Waals surface area contributed by atoms with Gasteiger partial charge < -0.3 is 9.88 Å². The average molecular weight is 312 g/mol. The molecule has 2 aliphatic rings. The van der Waals surface area contributed by atoms with E-state index in [1.807, 2.05) is 12.1 Å². The van der Waals surface area contributed by atoms with E-state index in [9.17, 15) is 4.79 Å². The number of fused-ring (bicyclic) bond motifs is 1. The Kier molecular flexibility index (Phi) is 4.04. The molecule has 1 amide bonds. The molecule has 5 nitrogen and oxygen atoms in total. The van der Waals surface area contributed by atoms with Gasteiger partial charge in [0.2, 0.25) is 11.9 Å². The number of aromatic nitrogens is 2. The smallest absolute Gasteiger partial charge is 0.231 e. The second-order valence-corrected chi connectivity index (χ2v) is 6.76. The van der Waals surface area contributed by atoms with Crippen LogP contribution in [-0.4, -0.2) is 28.5 Å². The van der Waals surface area contributed by atoms with E-state index in [-0.39, 0.29) is 11.8 Å². The molecule has 1 unspecified atom stereocenters. The van der Waals surface area contributed by atoms with Crippen molar-refractivity contribution >= 4 is 22.9 Å². The van der Waals surface area contributed by atoms with Gasteiger partial charge in [-0.3, -0.25) is 10.1 Å². The zero-order valence-corrected chi connectivity index (χ0v) is 13.4. The van der Waals surface area contributed by atoms with Crippen LogP contribution in [0, 0.1) is 5.92 Å². The molecule has 1 aliphatic heterocycles. The van der Waals surface area contributed by atoms with Crippen LogP contribution < -0.4 is 10.6 Å². The van der Waals surface area contributed by atoms with Gasteiger partial charge in [0, 0.05) is 12.6 Å². The topological polar surface area (TPSA) is 59.0 Å². The van der Waals surface area contributed by atoms with Gasteiger partial charge in [-0.05, 0) is 37.9 Å². The predicted octanol–water partition coefficient (Wildman–Crippen LogP) is 3.09. The fourth-order valence-electron chi connectivity index (χ4n) is 3.93. The van der Waals surface area contributed by atoms with Crippen LogP contribution in [0.25, 0.3) is 11.0 Å². The third-order valence-electron chi connectivity index (χ3n) is 5.20. The molecule has 23 heavy (non-hydrogen) atoms. The van der Waals surface area contributed by atoms with Gasteiger partial charge in [0.05, 0.1) is 17.0 Å². The minimum atomic E-state index is 0.0645. The predicted molar refractivity (Wildman–Crippen MR) is 91.5 cm³/mol. The molecule has 122 valence electrons. The van der Waals surface area contributed by atoms with E-state index in [0.29, 0.717) is 6.04 Å². The summed E-state index contributed by atoms with van der Waals surface area (Å²) in [6, 6.07) is 8.65. The van der Waals surface area contributed by atoms with Gasteiger partial charge >= 0.3 is 0 Å². The fraction of sp³-hybridized carbons (Fsp3) is 0.556. The Balaban J connectivity index is 1.68. The Morgan fingerprint density at radius 3 is 2.78 bits per heavy atom. The highest BCUT2D eigenvalue weighted by Crippen LogP contribution is 2.34. The number of carbonyl (C=O) groups is 1. The summed E-state index contributed by atoms with van der Waals surface area (Å²) in [7, 11) is 0. The summed E-state index contributed by atoms with van der Waals surface area (Å²) in [5.41, 5.74) is 2.11. The normalized spacial score (nSPS) is 22.5. The van der Waals surface area contributed by atoms with Gasteiger partial charge in [-0.25, -0.2) is 4.98 Å². The number of rotatable bonds is 3. The van der Waals surface area contributed by atoms with E-state index >= 15 is 0 Å².